The first kappa shape index (κ1) is 16.6. The zero-order valence-corrected chi connectivity index (χ0v) is 12.9. The molecule has 1 N–H and O–H groups in total. The second-order valence-corrected chi connectivity index (χ2v) is 6.00. The third-order valence-corrected chi connectivity index (χ3v) is 3.30. The number of alkyl halides is 1. The number of nitro benzene ring substituents is 1. The van der Waals surface area contributed by atoms with Gasteiger partial charge in [0, 0.05) is 11.9 Å². The Hall–Kier alpha value is -1.50. The van der Waals surface area contributed by atoms with Crippen LogP contribution in [-0.4, -0.2) is 22.7 Å². The molecule has 7 heteroatoms. The third kappa shape index (κ3) is 4.56. The van der Waals surface area contributed by atoms with Gasteiger partial charge in [-0.15, -0.1) is 0 Å². The molecule has 5 nitrogen and oxygen atoms in total. The number of benzene rings is 1. The molecule has 0 spiro atoms. The van der Waals surface area contributed by atoms with Crippen LogP contribution in [0.1, 0.15) is 30.6 Å². The van der Waals surface area contributed by atoms with Crippen LogP contribution in [0.5, 0.6) is 0 Å². The van der Waals surface area contributed by atoms with Gasteiger partial charge in [-0.3, -0.25) is 14.9 Å². The van der Waals surface area contributed by atoms with E-state index < -0.39 is 22.3 Å². The van der Waals surface area contributed by atoms with Gasteiger partial charge in [-0.25, -0.2) is 4.39 Å². The van der Waals surface area contributed by atoms with E-state index in [9.17, 15) is 19.3 Å². The van der Waals surface area contributed by atoms with Crippen LogP contribution in [0.2, 0.25) is 0 Å². The molecule has 110 valence electrons. The van der Waals surface area contributed by atoms with Gasteiger partial charge in [0.2, 0.25) is 0 Å². The lowest BCUT2D eigenvalue weighted by Gasteiger charge is -2.23. The zero-order chi connectivity index (χ0) is 15.3. The lowest BCUT2D eigenvalue weighted by atomic mass is 9.90. The van der Waals surface area contributed by atoms with Gasteiger partial charge in [-0.05, 0) is 24.0 Å². The summed E-state index contributed by atoms with van der Waals surface area (Å²) in [7, 11) is 0. The summed E-state index contributed by atoms with van der Waals surface area (Å²) < 4.78 is 13.0. The average molecular weight is 347 g/mol. The first-order valence-electron chi connectivity index (χ1n) is 6.05. The second-order valence-electron chi connectivity index (χ2n) is 5.20. The number of nitrogens with zero attached hydrogens (tertiary/aromatic N) is 1. The summed E-state index contributed by atoms with van der Waals surface area (Å²) in [5, 5.41) is 14.3. The maximum atomic E-state index is 13.0. The van der Waals surface area contributed by atoms with Crippen molar-refractivity contribution in [3.05, 3.63) is 39.7 Å². The van der Waals surface area contributed by atoms with Crippen molar-refractivity contribution < 1.29 is 14.1 Å². The Morgan fingerprint density at radius 2 is 2.15 bits per heavy atom. The molecular weight excluding hydrogens is 331 g/mol. The van der Waals surface area contributed by atoms with Crippen molar-refractivity contribution in [2.24, 2.45) is 5.41 Å². The van der Waals surface area contributed by atoms with E-state index in [0.717, 1.165) is 30.0 Å². The van der Waals surface area contributed by atoms with Crippen molar-refractivity contribution >= 4 is 27.5 Å². The number of halogens is 2. The predicted molar refractivity (Wildman–Crippen MR) is 77.6 cm³/mol. The van der Waals surface area contributed by atoms with Crippen LogP contribution in [0, 0.1) is 21.3 Å². The molecule has 0 aliphatic heterocycles. The minimum atomic E-state index is -0.762. The van der Waals surface area contributed by atoms with Crippen molar-refractivity contribution in [3.63, 3.8) is 0 Å². The zero-order valence-electron chi connectivity index (χ0n) is 11.3. The Morgan fingerprint density at radius 1 is 1.50 bits per heavy atom. The van der Waals surface area contributed by atoms with Crippen LogP contribution in [0.25, 0.3) is 0 Å². The number of hydrogen-bond donors (Lipinski definition) is 1. The van der Waals surface area contributed by atoms with Gasteiger partial charge in [-0.2, -0.15) is 0 Å². The Morgan fingerprint density at radius 3 is 2.70 bits per heavy atom. The number of hydrogen-bond acceptors (Lipinski definition) is 3. The predicted octanol–water partition coefficient (Wildman–Crippen LogP) is 3.27. The van der Waals surface area contributed by atoms with Crippen molar-refractivity contribution in [1.29, 1.82) is 0 Å². The second kappa shape index (κ2) is 6.78. The highest BCUT2D eigenvalue weighted by Gasteiger charge is 2.23. The molecule has 0 radical (unpaired) electrons. The standard InChI is InChI=1S/C13H16BrFN2O3/c1-13(2,5-6-14)8-16-12(18)10-4-3-9(15)7-11(10)17(19)20/h3-4,7H,5-6,8H2,1-2H3,(H,16,18). The van der Waals surface area contributed by atoms with Crippen LogP contribution in [0.3, 0.4) is 0 Å². The first-order chi connectivity index (χ1) is 9.26. The molecule has 0 aromatic heterocycles. The summed E-state index contributed by atoms with van der Waals surface area (Å²) >= 11 is 3.33. The molecule has 0 saturated heterocycles. The molecule has 0 aliphatic carbocycles. The van der Waals surface area contributed by atoms with Crippen molar-refractivity contribution in [2.75, 3.05) is 11.9 Å². The SMILES string of the molecule is CC(C)(CCBr)CNC(=O)c1ccc(F)cc1[N+](=O)[O-]. The Bertz CT molecular complexity index is 520. The molecule has 20 heavy (non-hydrogen) atoms. The number of nitrogens with one attached hydrogen (secondary N) is 1. The molecule has 0 aliphatic rings. The van der Waals surface area contributed by atoms with Crippen LogP contribution < -0.4 is 5.32 Å². The summed E-state index contributed by atoms with van der Waals surface area (Å²) in [6.07, 6.45) is 0.846. The molecule has 0 bridgehead atoms. The largest absolute Gasteiger partial charge is 0.351 e. The minimum absolute atomic E-state index is 0.131. The highest BCUT2D eigenvalue weighted by molar-refractivity contribution is 9.09. The average Bonchev–Trinajstić information content (AvgIpc) is 2.35. The van der Waals surface area contributed by atoms with Crippen LogP contribution in [0.15, 0.2) is 18.2 Å². The lowest BCUT2D eigenvalue weighted by Crippen LogP contribution is -2.34. The van der Waals surface area contributed by atoms with Gasteiger partial charge >= 0.3 is 0 Å². The molecule has 0 saturated carbocycles. The molecule has 0 heterocycles. The molecule has 0 fully saturated rings. The number of amides is 1. The Labute approximate surface area is 124 Å². The Balaban J connectivity index is 2.85. The summed E-state index contributed by atoms with van der Waals surface area (Å²) in [4.78, 5) is 22.1. The van der Waals surface area contributed by atoms with Gasteiger partial charge in [0.15, 0.2) is 0 Å². The maximum Gasteiger partial charge on any atom is 0.285 e. The fourth-order valence-electron chi connectivity index (χ4n) is 1.61. The fraction of sp³-hybridized carbons (Fsp3) is 0.462. The van der Waals surface area contributed by atoms with Crippen molar-refractivity contribution in [2.45, 2.75) is 20.3 Å². The van der Waals surface area contributed by atoms with Gasteiger partial charge < -0.3 is 5.32 Å². The van der Waals surface area contributed by atoms with Gasteiger partial charge in [0.1, 0.15) is 11.4 Å². The third-order valence-electron chi connectivity index (χ3n) is 2.90. The minimum Gasteiger partial charge on any atom is -0.351 e. The van der Waals surface area contributed by atoms with E-state index >= 15 is 0 Å². The summed E-state index contributed by atoms with van der Waals surface area (Å²) in [6.45, 7) is 4.34. The number of rotatable bonds is 6. The molecule has 0 atom stereocenters. The van der Waals surface area contributed by atoms with Crippen LogP contribution in [0.4, 0.5) is 10.1 Å². The smallest absolute Gasteiger partial charge is 0.285 e. The van der Waals surface area contributed by atoms with Crippen molar-refractivity contribution in [3.8, 4) is 0 Å². The highest BCUT2D eigenvalue weighted by Crippen LogP contribution is 2.22. The topological polar surface area (TPSA) is 72.2 Å². The number of carbonyl (C=O) groups is 1. The quantitative estimate of drug-likeness (QED) is 0.488. The van der Waals surface area contributed by atoms with E-state index in [1.807, 2.05) is 13.8 Å². The van der Waals surface area contributed by atoms with E-state index in [1.54, 1.807) is 0 Å². The summed E-state index contributed by atoms with van der Waals surface area (Å²) in [6, 6.07) is 2.91. The summed E-state index contributed by atoms with van der Waals surface area (Å²) in [5.41, 5.74) is -0.791. The van der Waals surface area contributed by atoms with Crippen molar-refractivity contribution in [1.82, 2.24) is 5.32 Å². The number of carbonyl (C=O) groups excluding carboxylic acids is 1. The fourth-order valence-corrected chi connectivity index (χ4v) is 2.68. The van der Waals surface area contributed by atoms with Gasteiger partial charge in [0.25, 0.3) is 11.6 Å². The Kier molecular flexibility index (Phi) is 5.62. The van der Waals surface area contributed by atoms with Gasteiger partial charge in [-0.1, -0.05) is 29.8 Å². The molecule has 1 amide bonds. The van der Waals surface area contributed by atoms with E-state index in [2.05, 4.69) is 21.2 Å². The highest BCUT2D eigenvalue weighted by atomic mass is 79.9. The summed E-state index contributed by atoms with van der Waals surface area (Å²) in [5.74, 6) is -1.31. The van der Waals surface area contributed by atoms with Crippen LogP contribution >= 0.6 is 15.9 Å². The van der Waals surface area contributed by atoms with E-state index in [-0.39, 0.29) is 11.0 Å². The van der Waals surface area contributed by atoms with E-state index in [0.29, 0.717) is 6.54 Å². The first-order valence-corrected chi connectivity index (χ1v) is 7.17. The normalized spacial score (nSPS) is 11.2. The van der Waals surface area contributed by atoms with E-state index in [4.69, 9.17) is 0 Å². The number of nitro groups is 1. The molecule has 1 aromatic rings. The molecule has 0 unspecified atom stereocenters. The monoisotopic (exact) mass is 346 g/mol. The molecule has 1 aromatic carbocycles. The van der Waals surface area contributed by atoms with Crippen LogP contribution in [-0.2, 0) is 0 Å². The lowest BCUT2D eigenvalue weighted by molar-refractivity contribution is -0.385. The molecule has 1 rings (SSSR count). The van der Waals surface area contributed by atoms with Gasteiger partial charge in [0.05, 0.1) is 11.0 Å². The molecular formula is C13H16BrFN2O3. The maximum absolute atomic E-state index is 13.0. The van der Waals surface area contributed by atoms with E-state index in [1.165, 1.54) is 0 Å².